The molecule has 0 aliphatic carbocycles. The molecule has 0 unspecified atom stereocenters. The van der Waals surface area contributed by atoms with Crippen LogP contribution in [0.2, 0.25) is 0 Å². The first-order valence-corrected chi connectivity index (χ1v) is 2.64. The highest BCUT2D eigenvalue weighted by molar-refractivity contribution is 5.43. The molecule has 0 atom stereocenters. The lowest BCUT2D eigenvalue weighted by Crippen LogP contribution is -2.02. The normalized spacial score (nSPS) is 9.45. The van der Waals surface area contributed by atoms with E-state index in [4.69, 9.17) is 11.5 Å². The smallest absolute Gasteiger partial charge is 0.390 e. The van der Waals surface area contributed by atoms with Crippen molar-refractivity contribution in [3.8, 4) is 0 Å². The van der Waals surface area contributed by atoms with E-state index in [1.54, 1.807) is 0 Å². The minimum absolute atomic E-state index is 0.01000. The summed E-state index contributed by atoms with van der Waals surface area (Å²) in [6, 6.07) is 1.24. The molecule has 1 rings (SSSR count). The van der Waals surface area contributed by atoms with Crippen LogP contribution in [0.25, 0.3) is 0 Å². The van der Waals surface area contributed by atoms with Crippen LogP contribution in [0.4, 0.5) is 17.6 Å². The fourth-order valence-corrected chi connectivity index (χ4v) is 0.554. The van der Waals surface area contributed by atoms with Crippen LogP contribution >= 0.6 is 0 Å². The average molecular weight is 155 g/mol. The van der Waals surface area contributed by atoms with Gasteiger partial charge in [-0.3, -0.25) is 0 Å². The van der Waals surface area contributed by atoms with E-state index in [0.29, 0.717) is 0 Å². The largest absolute Gasteiger partial charge is 0.472 e. The highest BCUT2D eigenvalue weighted by Gasteiger charge is 2.11. The van der Waals surface area contributed by atoms with Gasteiger partial charge in [-0.15, -0.1) is 0 Å². The molecule has 1 aromatic heterocycles. The first kappa shape index (κ1) is 7.19. The van der Waals surface area contributed by atoms with Gasteiger partial charge in [0.05, 0.1) is 6.07 Å². The molecule has 0 amide bonds. The van der Waals surface area contributed by atoms with Crippen LogP contribution < -0.4 is 11.5 Å². The summed E-state index contributed by atoms with van der Waals surface area (Å²) in [6.45, 7) is 0. The third-order valence-corrected chi connectivity index (χ3v) is 0.917. The summed E-state index contributed by atoms with van der Waals surface area (Å²) in [4.78, 5) is 16.0. The number of nitro groups is 1. The van der Waals surface area contributed by atoms with E-state index < -0.39 is 10.9 Å². The van der Waals surface area contributed by atoms with Gasteiger partial charge in [0, 0.05) is 0 Å². The Morgan fingerprint density at radius 2 is 1.82 bits per heavy atom. The summed E-state index contributed by atoms with van der Waals surface area (Å²) in [5, 5.41) is 10.1. The maximum absolute atomic E-state index is 10.1. The summed E-state index contributed by atoms with van der Waals surface area (Å²) < 4.78 is 0. The predicted molar refractivity (Wildman–Crippen MR) is 37.5 cm³/mol. The molecule has 4 N–H and O–H groups in total. The quantitative estimate of drug-likeness (QED) is 0.418. The van der Waals surface area contributed by atoms with Gasteiger partial charge in [0.25, 0.3) is 0 Å². The monoisotopic (exact) mass is 155 g/mol. The number of hydrogen-bond donors (Lipinski definition) is 2. The molecule has 0 aliphatic rings. The fraction of sp³-hybridized carbons (Fsp3) is 0. The molecule has 1 heterocycles. The molecular formula is C4H5N5O2. The van der Waals surface area contributed by atoms with Gasteiger partial charge in [-0.2, -0.15) is 0 Å². The molecule has 0 bridgehead atoms. The molecule has 11 heavy (non-hydrogen) atoms. The number of aromatic nitrogens is 2. The Labute approximate surface area is 61.2 Å². The zero-order valence-corrected chi connectivity index (χ0v) is 5.39. The van der Waals surface area contributed by atoms with Crippen molar-refractivity contribution in [3.63, 3.8) is 0 Å². The van der Waals surface area contributed by atoms with E-state index in [9.17, 15) is 10.1 Å². The number of nitrogen functional groups attached to an aromatic ring is 2. The molecule has 0 saturated heterocycles. The first-order chi connectivity index (χ1) is 5.09. The Morgan fingerprint density at radius 3 is 2.18 bits per heavy atom. The van der Waals surface area contributed by atoms with E-state index in [-0.39, 0.29) is 11.6 Å². The van der Waals surface area contributed by atoms with Gasteiger partial charge in [-0.25, -0.2) is 0 Å². The second-order valence-electron chi connectivity index (χ2n) is 1.77. The lowest BCUT2D eigenvalue weighted by molar-refractivity contribution is -0.394. The number of nitrogens with zero attached hydrogens (tertiary/aromatic N) is 3. The van der Waals surface area contributed by atoms with Crippen molar-refractivity contribution >= 4 is 17.6 Å². The Morgan fingerprint density at radius 1 is 1.36 bits per heavy atom. The van der Waals surface area contributed by atoms with Crippen LogP contribution in [-0.4, -0.2) is 14.9 Å². The summed E-state index contributed by atoms with van der Waals surface area (Å²) in [6.07, 6.45) is 0. The Bertz CT molecular complexity index is 278. The van der Waals surface area contributed by atoms with Crippen molar-refractivity contribution in [1.29, 1.82) is 0 Å². The van der Waals surface area contributed by atoms with Crippen LogP contribution in [0.5, 0.6) is 0 Å². The lowest BCUT2D eigenvalue weighted by Gasteiger charge is -1.92. The van der Waals surface area contributed by atoms with E-state index >= 15 is 0 Å². The molecular weight excluding hydrogens is 150 g/mol. The fourth-order valence-electron chi connectivity index (χ4n) is 0.554. The van der Waals surface area contributed by atoms with Gasteiger partial charge in [0.1, 0.15) is 0 Å². The van der Waals surface area contributed by atoms with Crippen LogP contribution in [0.1, 0.15) is 0 Å². The third-order valence-electron chi connectivity index (χ3n) is 0.917. The van der Waals surface area contributed by atoms with Crippen molar-refractivity contribution in [3.05, 3.63) is 16.2 Å². The van der Waals surface area contributed by atoms with Crippen molar-refractivity contribution in [2.75, 3.05) is 11.5 Å². The summed E-state index contributed by atoms with van der Waals surface area (Å²) in [5.41, 5.74) is 10.3. The van der Waals surface area contributed by atoms with Crippen molar-refractivity contribution < 1.29 is 4.92 Å². The third kappa shape index (κ3) is 1.51. The lowest BCUT2D eigenvalue weighted by atomic mass is 10.5. The van der Waals surface area contributed by atoms with Crippen LogP contribution in [0, 0.1) is 10.1 Å². The Hall–Kier alpha value is -1.92. The van der Waals surface area contributed by atoms with Crippen molar-refractivity contribution in [1.82, 2.24) is 9.97 Å². The second-order valence-corrected chi connectivity index (χ2v) is 1.77. The number of rotatable bonds is 1. The van der Waals surface area contributed by atoms with E-state index in [2.05, 4.69) is 9.97 Å². The second kappa shape index (κ2) is 2.37. The Kier molecular flexibility index (Phi) is 1.55. The Balaban J connectivity index is 3.19. The van der Waals surface area contributed by atoms with Crippen LogP contribution in [0.15, 0.2) is 6.07 Å². The topological polar surface area (TPSA) is 121 Å². The first-order valence-electron chi connectivity index (χ1n) is 2.64. The van der Waals surface area contributed by atoms with Crippen molar-refractivity contribution in [2.45, 2.75) is 0 Å². The molecule has 0 radical (unpaired) electrons. The molecule has 0 aromatic carbocycles. The maximum atomic E-state index is 10.1. The minimum atomic E-state index is -0.757. The molecule has 0 spiro atoms. The SMILES string of the molecule is Nc1cc(N)nc([N+](=O)[O-])n1. The van der Waals surface area contributed by atoms with Gasteiger partial charge < -0.3 is 21.6 Å². The van der Waals surface area contributed by atoms with E-state index in [1.807, 2.05) is 0 Å². The molecule has 0 fully saturated rings. The van der Waals surface area contributed by atoms with Crippen LogP contribution in [0.3, 0.4) is 0 Å². The van der Waals surface area contributed by atoms with Gasteiger partial charge in [0.2, 0.25) is 11.6 Å². The summed E-state index contributed by atoms with van der Waals surface area (Å²) >= 11 is 0. The number of hydrogen-bond acceptors (Lipinski definition) is 6. The average Bonchev–Trinajstić information content (AvgIpc) is 1.85. The highest BCUT2D eigenvalue weighted by Crippen LogP contribution is 2.09. The zero-order valence-electron chi connectivity index (χ0n) is 5.39. The molecule has 0 saturated carbocycles. The molecule has 7 heteroatoms. The van der Waals surface area contributed by atoms with Gasteiger partial charge in [-0.1, -0.05) is 0 Å². The maximum Gasteiger partial charge on any atom is 0.472 e. The highest BCUT2D eigenvalue weighted by atomic mass is 16.6. The molecule has 58 valence electrons. The summed E-state index contributed by atoms with van der Waals surface area (Å²) in [5.74, 6) is -0.601. The van der Waals surface area contributed by atoms with E-state index in [1.165, 1.54) is 6.07 Å². The van der Waals surface area contributed by atoms with Gasteiger partial charge in [-0.05, 0) is 14.9 Å². The standard InChI is InChI=1S/C4H5N5O2/c5-2-1-3(6)8-4(7-2)9(10)11/h1H,(H4,5,6,7,8). The van der Waals surface area contributed by atoms with Crippen molar-refractivity contribution in [2.24, 2.45) is 0 Å². The number of anilines is 2. The number of nitrogens with two attached hydrogens (primary N) is 2. The molecule has 1 aromatic rings. The molecule has 7 nitrogen and oxygen atoms in total. The van der Waals surface area contributed by atoms with Gasteiger partial charge >= 0.3 is 5.95 Å². The van der Waals surface area contributed by atoms with Gasteiger partial charge in [0.15, 0.2) is 0 Å². The minimum Gasteiger partial charge on any atom is -0.390 e. The summed E-state index contributed by atoms with van der Waals surface area (Å²) in [7, 11) is 0. The van der Waals surface area contributed by atoms with Crippen LogP contribution in [-0.2, 0) is 0 Å². The zero-order chi connectivity index (χ0) is 8.43. The predicted octanol–water partition coefficient (Wildman–Crippen LogP) is -0.451. The van der Waals surface area contributed by atoms with E-state index in [0.717, 1.165) is 0 Å². The molecule has 0 aliphatic heterocycles.